The number of phenols is 1. The van der Waals surface area contributed by atoms with Gasteiger partial charge in [-0.25, -0.2) is 13.1 Å². The molecule has 0 fully saturated rings. The summed E-state index contributed by atoms with van der Waals surface area (Å²) in [6.45, 7) is 2.73. The Morgan fingerprint density at radius 1 is 1.13 bits per heavy atom. The standard InChI is InChI=1S/C16H29N3O3S/c1-23(21,22)19-13-15-12-14(6-7-16(15)20)8-11-18-10-5-3-2-4-9-17/h6-7,12,18-20H,2-5,8-11,13,17H2,1H3. The van der Waals surface area contributed by atoms with Crippen LogP contribution in [0.4, 0.5) is 0 Å². The SMILES string of the molecule is CS(=O)(=O)NCc1cc(CCNCCCCCCN)ccc1O. The van der Waals surface area contributed by atoms with E-state index in [-0.39, 0.29) is 12.3 Å². The Bertz CT molecular complexity index is 562. The maximum absolute atomic E-state index is 11.1. The summed E-state index contributed by atoms with van der Waals surface area (Å²) < 4.78 is 24.7. The first-order valence-corrected chi connectivity index (χ1v) is 9.97. The zero-order valence-corrected chi connectivity index (χ0v) is 14.7. The van der Waals surface area contributed by atoms with Crippen LogP contribution in [-0.4, -0.2) is 39.4 Å². The number of aromatic hydroxyl groups is 1. The molecule has 1 rings (SSSR count). The molecule has 0 aliphatic heterocycles. The highest BCUT2D eigenvalue weighted by Gasteiger charge is 2.06. The number of hydrogen-bond donors (Lipinski definition) is 4. The average Bonchev–Trinajstić information content (AvgIpc) is 2.49. The minimum Gasteiger partial charge on any atom is -0.508 e. The Labute approximate surface area is 139 Å². The second kappa shape index (κ2) is 10.6. The third-order valence-electron chi connectivity index (χ3n) is 3.57. The van der Waals surface area contributed by atoms with E-state index in [1.54, 1.807) is 6.07 Å². The fraction of sp³-hybridized carbons (Fsp3) is 0.625. The van der Waals surface area contributed by atoms with Crippen LogP contribution in [0.3, 0.4) is 0 Å². The van der Waals surface area contributed by atoms with Crippen molar-refractivity contribution in [1.82, 2.24) is 10.0 Å². The zero-order chi connectivity index (χ0) is 17.1. The predicted octanol–water partition coefficient (Wildman–Crippen LogP) is 1.09. The topological polar surface area (TPSA) is 104 Å². The van der Waals surface area contributed by atoms with Gasteiger partial charge in [0.15, 0.2) is 0 Å². The number of benzene rings is 1. The molecular weight excluding hydrogens is 314 g/mol. The van der Waals surface area contributed by atoms with E-state index in [2.05, 4.69) is 10.0 Å². The maximum Gasteiger partial charge on any atom is 0.209 e. The van der Waals surface area contributed by atoms with Gasteiger partial charge in [-0.1, -0.05) is 25.0 Å². The molecule has 0 saturated carbocycles. The second-order valence-electron chi connectivity index (χ2n) is 5.76. The predicted molar refractivity (Wildman–Crippen MR) is 93.9 cm³/mol. The summed E-state index contributed by atoms with van der Waals surface area (Å²) in [5, 5.41) is 13.2. The highest BCUT2D eigenvalue weighted by molar-refractivity contribution is 7.88. The van der Waals surface area contributed by atoms with Gasteiger partial charge in [0.05, 0.1) is 6.26 Å². The Balaban J connectivity index is 2.31. The summed E-state index contributed by atoms with van der Waals surface area (Å²) in [6.07, 6.45) is 6.58. The molecule has 132 valence electrons. The van der Waals surface area contributed by atoms with E-state index in [0.29, 0.717) is 5.56 Å². The van der Waals surface area contributed by atoms with E-state index in [1.165, 1.54) is 12.8 Å². The molecule has 0 aliphatic rings. The van der Waals surface area contributed by atoms with Gasteiger partial charge in [-0.15, -0.1) is 0 Å². The van der Waals surface area contributed by atoms with Crippen molar-refractivity contribution in [2.24, 2.45) is 5.73 Å². The molecule has 0 saturated heterocycles. The summed E-state index contributed by atoms with van der Waals surface area (Å²) in [6, 6.07) is 5.32. The lowest BCUT2D eigenvalue weighted by Gasteiger charge is -2.09. The van der Waals surface area contributed by atoms with Crippen LogP contribution in [0.15, 0.2) is 18.2 Å². The molecule has 0 aliphatic carbocycles. The monoisotopic (exact) mass is 343 g/mol. The van der Waals surface area contributed by atoms with Gasteiger partial charge in [-0.2, -0.15) is 0 Å². The summed E-state index contributed by atoms with van der Waals surface area (Å²) in [7, 11) is -3.27. The fourth-order valence-corrected chi connectivity index (χ4v) is 2.67. The zero-order valence-electron chi connectivity index (χ0n) is 13.8. The van der Waals surface area contributed by atoms with E-state index in [9.17, 15) is 13.5 Å². The van der Waals surface area contributed by atoms with Crippen LogP contribution in [0.25, 0.3) is 0 Å². The normalized spacial score (nSPS) is 11.7. The highest BCUT2D eigenvalue weighted by Crippen LogP contribution is 2.18. The quantitative estimate of drug-likeness (QED) is 0.425. The lowest BCUT2D eigenvalue weighted by Crippen LogP contribution is -2.21. The van der Waals surface area contributed by atoms with Gasteiger partial charge >= 0.3 is 0 Å². The Morgan fingerprint density at radius 3 is 2.57 bits per heavy atom. The number of nitrogens with one attached hydrogen (secondary N) is 2. The number of hydrogen-bond acceptors (Lipinski definition) is 5. The van der Waals surface area contributed by atoms with Crippen LogP contribution in [0.5, 0.6) is 5.75 Å². The molecule has 0 atom stereocenters. The fourth-order valence-electron chi connectivity index (χ4n) is 2.25. The van der Waals surface area contributed by atoms with E-state index < -0.39 is 10.0 Å². The first-order valence-electron chi connectivity index (χ1n) is 8.08. The molecule has 6 nitrogen and oxygen atoms in total. The maximum atomic E-state index is 11.1. The smallest absolute Gasteiger partial charge is 0.209 e. The summed E-state index contributed by atoms with van der Waals surface area (Å²) >= 11 is 0. The van der Waals surface area contributed by atoms with Crippen molar-refractivity contribution in [3.8, 4) is 5.75 Å². The van der Waals surface area contributed by atoms with Gasteiger partial charge in [0.1, 0.15) is 5.75 Å². The largest absolute Gasteiger partial charge is 0.508 e. The van der Waals surface area contributed by atoms with Crippen molar-refractivity contribution in [2.45, 2.75) is 38.6 Å². The summed E-state index contributed by atoms with van der Waals surface area (Å²) in [5.41, 5.74) is 7.12. The van der Waals surface area contributed by atoms with Crippen molar-refractivity contribution in [3.05, 3.63) is 29.3 Å². The lowest BCUT2D eigenvalue weighted by atomic mass is 10.1. The van der Waals surface area contributed by atoms with Crippen LogP contribution < -0.4 is 15.8 Å². The summed E-state index contributed by atoms with van der Waals surface area (Å²) in [4.78, 5) is 0. The van der Waals surface area contributed by atoms with Gasteiger partial charge in [0.2, 0.25) is 10.0 Å². The van der Waals surface area contributed by atoms with E-state index in [1.807, 2.05) is 12.1 Å². The Hall–Kier alpha value is -1.15. The van der Waals surface area contributed by atoms with Crippen molar-refractivity contribution in [2.75, 3.05) is 25.9 Å². The van der Waals surface area contributed by atoms with Crippen LogP contribution in [-0.2, 0) is 23.0 Å². The van der Waals surface area contributed by atoms with E-state index in [0.717, 1.165) is 50.7 Å². The number of unbranched alkanes of at least 4 members (excludes halogenated alkanes) is 3. The minimum absolute atomic E-state index is 0.104. The number of sulfonamides is 1. The molecule has 0 spiro atoms. The van der Waals surface area contributed by atoms with Gasteiger partial charge in [-0.05, 0) is 50.5 Å². The van der Waals surface area contributed by atoms with Gasteiger partial charge in [-0.3, -0.25) is 0 Å². The number of phenolic OH excluding ortho intramolecular Hbond substituents is 1. The minimum atomic E-state index is -3.27. The molecule has 0 radical (unpaired) electrons. The van der Waals surface area contributed by atoms with Crippen LogP contribution >= 0.6 is 0 Å². The average molecular weight is 343 g/mol. The molecule has 1 aromatic carbocycles. The van der Waals surface area contributed by atoms with Crippen molar-refractivity contribution in [1.29, 1.82) is 0 Å². The first kappa shape index (κ1) is 19.9. The molecule has 0 bridgehead atoms. The van der Waals surface area contributed by atoms with Gasteiger partial charge < -0.3 is 16.2 Å². The van der Waals surface area contributed by atoms with E-state index >= 15 is 0 Å². The second-order valence-corrected chi connectivity index (χ2v) is 7.59. The molecule has 0 amide bonds. The van der Waals surface area contributed by atoms with Crippen LogP contribution in [0, 0.1) is 0 Å². The Kier molecular flexibility index (Phi) is 9.16. The summed E-state index contributed by atoms with van der Waals surface area (Å²) in [5.74, 6) is 0.109. The van der Waals surface area contributed by atoms with E-state index in [4.69, 9.17) is 5.73 Å². The highest BCUT2D eigenvalue weighted by atomic mass is 32.2. The third kappa shape index (κ3) is 9.55. The van der Waals surface area contributed by atoms with Crippen molar-refractivity contribution < 1.29 is 13.5 Å². The lowest BCUT2D eigenvalue weighted by molar-refractivity contribution is 0.466. The molecular formula is C16H29N3O3S. The number of rotatable bonds is 12. The molecule has 0 aromatic heterocycles. The first-order chi connectivity index (χ1) is 10.9. The molecule has 7 heteroatoms. The van der Waals surface area contributed by atoms with Crippen LogP contribution in [0.1, 0.15) is 36.8 Å². The van der Waals surface area contributed by atoms with Crippen molar-refractivity contribution >= 4 is 10.0 Å². The Morgan fingerprint density at radius 2 is 1.87 bits per heavy atom. The molecule has 23 heavy (non-hydrogen) atoms. The van der Waals surface area contributed by atoms with Crippen molar-refractivity contribution in [3.63, 3.8) is 0 Å². The number of nitrogens with two attached hydrogens (primary N) is 1. The van der Waals surface area contributed by atoms with Gasteiger partial charge in [0.25, 0.3) is 0 Å². The molecule has 5 N–H and O–H groups in total. The third-order valence-corrected chi connectivity index (χ3v) is 4.24. The molecule has 0 heterocycles. The molecule has 0 unspecified atom stereocenters. The van der Waals surface area contributed by atoms with Gasteiger partial charge in [0, 0.05) is 12.1 Å². The molecule has 1 aromatic rings. The van der Waals surface area contributed by atoms with Crippen LogP contribution in [0.2, 0.25) is 0 Å².